The van der Waals surface area contributed by atoms with Crippen molar-refractivity contribution in [1.82, 2.24) is 27.4 Å². The first kappa shape index (κ1) is 84.1. The lowest BCUT2D eigenvalue weighted by Crippen LogP contribution is -2.10. The molecule has 6 aromatic heterocycles. The van der Waals surface area contributed by atoms with Gasteiger partial charge >= 0.3 is 0 Å². The molecule has 0 bridgehead atoms. The Labute approximate surface area is 778 Å². The monoisotopic (exact) mass is 1720 g/mol. The Balaban J connectivity index is 0.518. The van der Waals surface area contributed by atoms with Crippen molar-refractivity contribution >= 4 is 126 Å². The number of allylic oxidation sites excluding steroid dienone is 1. The number of hydrogen-bond donors (Lipinski definition) is 0. The minimum absolute atomic E-state index is 0.310. The summed E-state index contributed by atoms with van der Waals surface area (Å²) in [4.78, 5) is 0. The predicted octanol–water partition coefficient (Wildman–Crippen LogP) is 33.2. The van der Waals surface area contributed by atoms with E-state index in [0.29, 0.717) is 35.5 Å². The highest BCUT2D eigenvalue weighted by atomic mass is 15.0. The fraction of sp³-hybridized carbons (Fsp3) is 0.254. The molecule has 0 aliphatic heterocycles. The summed E-state index contributed by atoms with van der Waals surface area (Å²) in [6, 6.07) is 121. The molecule has 1 unspecified atom stereocenters. The van der Waals surface area contributed by atoms with Gasteiger partial charge in [0.25, 0.3) is 0 Å². The van der Waals surface area contributed by atoms with Gasteiger partial charge in [0.1, 0.15) is 0 Å². The lowest BCUT2D eigenvalue weighted by Gasteiger charge is -2.20. The lowest BCUT2D eigenvalue weighted by atomic mass is 9.86. The molecule has 6 heteroatoms. The molecule has 21 aromatic rings. The minimum atomic E-state index is 0.310. The van der Waals surface area contributed by atoms with Crippen LogP contribution in [-0.4, -0.2) is 27.4 Å². The number of aromatic nitrogens is 6. The molecule has 6 nitrogen and oxygen atoms in total. The average molecular weight is 1720 g/mol. The number of fused-ring (bicyclic) bond motifs is 18. The first-order valence-electron chi connectivity index (χ1n) is 49.2. The van der Waals surface area contributed by atoms with Gasteiger partial charge in [-0.3, -0.25) is 0 Å². The van der Waals surface area contributed by atoms with E-state index >= 15 is 0 Å². The van der Waals surface area contributed by atoms with Crippen molar-refractivity contribution < 1.29 is 0 Å². The molecule has 15 aromatic carbocycles. The summed E-state index contributed by atoms with van der Waals surface area (Å²) in [6.07, 6.45) is 15.3. The standard InChI is InChI=1S/C126H122N6/c1-80(2)75-128-117-31-16-13-28-104(117)110-70-95(49-58-122(110)128)98-52-61-125-113(73-98)107-64-89(40-55-120(107)131(125)78-83(7)8)25-19-22-86-35-44-92(45-36-86)101-66-100(91-42-33-85(34-43-91)21-18-24-88-39-54-119-106(63-88)112-72-97(51-60-124(112)130(119)77-82(5)6)94-48-57-116-109(69-94)103-27-12-15-30-115(103)127(116)11)67-102(68-101)93-46-37-87(38-47-93)23-20-26-90-41-56-121-108(65-90)114-74-99(53-62-126(114)132(121)79-84(9)10)96-50-59-123-111(71-96)105-29-14-17-32-118(105)129(123)76-81(3)4/h12-17,27-73,80-84,99H,18-26,74-79H2,1-11H3. The van der Waals surface area contributed by atoms with Crippen LogP contribution in [0, 0.1) is 29.6 Å². The molecule has 0 saturated heterocycles. The summed E-state index contributed by atoms with van der Waals surface area (Å²) >= 11 is 0. The second-order valence-electron chi connectivity index (χ2n) is 40.9. The van der Waals surface area contributed by atoms with Gasteiger partial charge in [-0.2, -0.15) is 0 Å². The fourth-order valence-corrected chi connectivity index (χ4v) is 22.6. The zero-order valence-electron chi connectivity index (χ0n) is 78.9. The first-order chi connectivity index (χ1) is 64.4. The smallest absolute Gasteiger partial charge is 0.0491 e. The maximum atomic E-state index is 2.61. The Bertz CT molecular complexity index is 8000. The van der Waals surface area contributed by atoms with Gasteiger partial charge in [-0.15, -0.1) is 0 Å². The van der Waals surface area contributed by atoms with E-state index in [1.165, 1.54) is 226 Å². The van der Waals surface area contributed by atoms with Gasteiger partial charge in [-0.25, -0.2) is 0 Å². The second-order valence-corrected chi connectivity index (χ2v) is 40.9. The summed E-state index contributed by atoms with van der Waals surface area (Å²) in [6.45, 7) is 28.3. The van der Waals surface area contributed by atoms with E-state index in [0.717, 1.165) is 96.9 Å². The summed E-state index contributed by atoms with van der Waals surface area (Å²) in [7, 11) is 2.18. The summed E-state index contributed by atoms with van der Waals surface area (Å²) < 4.78 is 15.1. The van der Waals surface area contributed by atoms with E-state index in [9.17, 15) is 0 Å². The molecular formula is C126H122N6. The van der Waals surface area contributed by atoms with E-state index < -0.39 is 0 Å². The molecule has 0 N–H and O–H groups in total. The van der Waals surface area contributed by atoms with Crippen molar-refractivity contribution in [3.8, 4) is 55.6 Å². The van der Waals surface area contributed by atoms with Crippen LogP contribution in [0.1, 0.15) is 145 Å². The lowest BCUT2D eigenvalue weighted by molar-refractivity contribution is 0.531. The third-order valence-corrected chi connectivity index (χ3v) is 28.9. The highest BCUT2D eigenvalue weighted by Crippen LogP contribution is 2.45. The van der Waals surface area contributed by atoms with E-state index in [4.69, 9.17) is 0 Å². The maximum absolute atomic E-state index is 2.61. The molecule has 0 fully saturated rings. The second kappa shape index (κ2) is 35.0. The first-order valence-corrected chi connectivity index (χ1v) is 49.2. The van der Waals surface area contributed by atoms with E-state index in [2.05, 4.69) is 425 Å². The summed E-state index contributed by atoms with van der Waals surface area (Å²) in [5, 5.41) is 14.8. The van der Waals surface area contributed by atoms with Gasteiger partial charge in [0.15, 0.2) is 0 Å². The Morgan fingerprint density at radius 3 is 0.886 bits per heavy atom. The Morgan fingerprint density at radius 2 is 0.492 bits per heavy atom. The topological polar surface area (TPSA) is 29.6 Å². The molecule has 132 heavy (non-hydrogen) atoms. The molecule has 0 amide bonds. The van der Waals surface area contributed by atoms with Gasteiger partial charge < -0.3 is 27.4 Å². The van der Waals surface area contributed by atoms with Crippen LogP contribution in [0.25, 0.3) is 182 Å². The van der Waals surface area contributed by atoms with Crippen molar-refractivity contribution in [2.24, 2.45) is 36.6 Å². The largest absolute Gasteiger partial charge is 0.344 e. The van der Waals surface area contributed by atoms with Crippen LogP contribution in [0.15, 0.2) is 315 Å². The Morgan fingerprint density at radius 1 is 0.227 bits per heavy atom. The third kappa shape index (κ3) is 15.9. The summed E-state index contributed by atoms with van der Waals surface area (Å²) in [5.74, 6) is 3.00. The zero-order valence-corrected chi connectivity index (χ0v) is 78.9. The third-order valence-electron chi connectivity index (χ3n) is 28.9. The number of rotatable bonds is 28. The molecule has 656 valence electrons. The quantitative estimate of drug-likeness (QED) is 0.0468. The van der Waals surface area contributed by atoms with Gasteiger partial charge in [0.05, 0.1) is 0 Å². The molecule has 0 spiro atoms. The summed E-state index contributed by atoms with van der Waals surface area (Å²) in [5.41, 5.74) is 39.6. The van der Waals surface area contributed by atoms with Crippen LogP contribution in [0.3, 0.4) is 0 Å². The van der Waals surface area contributed by atoms with Gasteiger partial charge in [-0.05, 0) is 333 Å². The average Bonchev–Trinajstić information content (AvgIpc) is 1.60. The van der Waals surface area contributed by atoms with Crippen LogP contribution >= 0.6 is 0 Å². The molecule has 1 aliphatic rings. The van der Waals surface area contributed by atoms with Crippen molar-refractivity contribution in [3.05, 3.63) is 366 Å². The van der Waals surface area contributed by atoms with E-state index in [1.807, 2.05) is 0 Å². The molecule has 0 radical (unpaired) electrons. The molecule has 6 heterocycles. The van der Waals surface area contributed by atoms with E-state index in [1.54, 1.807) is 0 Å². The van der Waals surface area contributed by atoms with Crippen molar-refractivity contribution in [2.75, 3.05) is 0 Å². The normalized spacial score (nSPS) is 13.3. The van der Waals surface area contributed by atoms with Gasteiger partial charge in [-0.1, -0.05) is 251 Å². The molecule has 1 atom stereocenters. The van der Waals surface area contributed by atoms with Crippen LogP contribution in [0.4, 0.5) is 0 Å². The molecule has 1 aliphatic carbocycles. The Hall–Kier alpha value is -13.4. The molecular weight excluding hydrogens is 1600 g/mol. The highest BCUT2D eigenvalue weighted by molar-refractivity contribution is 6.15. The SMILES string of the molecule is CC(C)Cn1c2c(c3cc(CCCc4ccc(-c5cc(-c6ccc(CCCc7ccc8c(c7)c7cc(-c9ccc%10c(c9)c9ccccc9n%10C)ccc7n8CC(C)C)cc6)cc(-c6ccc(CCCc7ccc8c(c7)c7cc(-c9ccc%10c(c9)c9ccccc9n%10CC(C)C)ccc7n8CC(C)C)cc6)c5)cc4)ccc31)CC(c1ccc3c(c1)c1ccccc1n3CC(C)C)C=C2. The van der Waals surface area contributed by atoms with Crippen LogP contribution < -0.4 is 0 Å². The van der Waals surface area contributed by atoms with Gasteiger partial charge in [0, 0.05) is 171 Å². The van der Waals surface area contributed by atoms with Crippen LogP contribution in [0.2, 0.25) is 0 Å². The minimum Gasteiger partial charge on any atom is -0.344 e. The van der Waals surface area contributed by atoms with Crippen molar-refractivity contribution in [3.63, 3.8) is 0 Å². The number of nitrogens with zero attached hydrogens (tertiary/aromatic N) is 6. The van der Waals surface area contributed by atoms with Crippen molar-refractivity contribution in [2.45, 2.75) is 172 Å². The van der Waals surface area contributed by atoms with Crippen molar-refractivity contribution in [1.29, 1.82) is 0 Å². The Kier molecular flexibility index (Phi) is 22.3. The number of aryl methyl sites for hydroxylation is 7. The maximum Gasteiger partial charge on any atom is 0.0491 e. The molecule has 0 saturated carbocycles. The van der Waals surface area contributed by atoms with E-state index in [-0.39, 0.29) is 0 Å². The molecule has 22 rings (SSSR count). The van der Waals surface area contributed by atoms with Crippen LogP contribution in [-0.2, 0) is 84.7 Å². The van der Waals surface area contributed by atoms with Gasteiger partial charge in [0.2, 0.25) is 0 Å². The van der Waals surface area contributed by atoms with Crippen LogP contribution in [0.5, 0.6) is 0 Å². The zero-order chi connectivity index (χ0) is 89.7. The number of hydrogen-bond acceptors (Lipinski definition) is 0. The number of para-hydroxylation sites is 3. The fourth-order valence-electron chi connectivity index (χ4n) is 22.6. The number of benzene rings is 15. The highest BCUT2D eigenvalue weighted by Gasteiger charge is 2.27. The predicted molar refractivity (Wildman–Crippen MR) is 567 cm³/mol.